The maximum absolute atomic E-state index is 5.77. The zero-order chi connectivity index (χ0) is 16.3. The predicted octanol–water partition coefficient (Wildman–Crippen LogP) is 6.77. The van der Waals surface area contributed by atoms with E-state index in [0.29, 0.717) is 0 Å². The highest BCUT2D eigenvalue weighted by atomic mass is 16.5. The Balaban J connectivity index is 1.57. The van der Waals surface area contributed by atoms with Crippen molar-refractivity contribution in [3.8, 4) is 0 Å². The zero-order valence-electron chi connectivity index (χ0n) is 15.8. The zero-order valence-corrected chi connectivity index (χ0v) is 15.8. The SMILES string of the molecule is C/C=C\COCC1CCC(C2CCC(CCCCC)CC2)CC1. The van der Waals surface area contributed by atoms with Gasteiger partial charge < -0.3 is 4.74 Å². The number of unbranched alkanes of at least 4 members (excludes halogenated alkanes) is 2. The smallest absolute Gasteiger partial charge is 0.0647 e. The first kappa shape index (κ1) is 19.0. The van der Waals surface area contributed by atoms with E-state index in [1.807, 2.05) is 0 Å². The lowest BCUT2D eigenvalue weighted by Crippen LogP contribution is -2.27. The fraction of sp³-hybridized carbons (Fsp3) is 0.909. The van der Waals surface area contributed by atoms with Crippen LogP contribution in [-0.4, -0.2) is 13.2 Å². The third kappa shape index (κ3) is 6.99. The molecule has 0 unspecified atom stereocenters. The standard InChI is InChI=1S/C22H40O/c1-3-5-7-8-19-9-13-21(14-10-19)22-15-11-20(12-16-22)18-23-17-6-4-2/h4,6,19-22H,3,5,7-18H2,1-2H3/b6-4-. The van der Waals surface area contributed by atoms with Gasteiger partial charge in [-0.1, -0.05) is 57.6 Å². The molecule has 2 aliphatic carbocycles. The van der Waals surface area contributed by atoms with Gasteiger partial charge in [0.25, 0.3) is 0 Å². The Bertz CT molecular complexity index is 306. The van der Waals surface area contributed by atoms with Gasteiger partial charge in [0.15, 0.2) is 0 Å². The Hall–Kier alpha value is -0.300. The van der Waals surface area contributed by atoms with Crippen LogP contribution >= 0.6 is 0 Å². The highest BCUT2D eigenvalue weighted by molar-refractivity contribution is 4.82. The molecule has 0 spiro atoms. The summed E-state index contributed by atoms with van der Waals surface area (Å²) in [7, 11) is 0. The van der Waals surface area contributed by atoms with Gasteiger partial charge in [-0.15, -0.1) is 0 Å². The average Bonchev–Trinajstić information content (AvgIpc) is 2.60. The van der Waals surface area contributed by atoms with Gasteiger partial charge in [0.1, 0.15) is 0 Å². The van der Waals surface area contributed by atoms with Crippen LogP contribution in [0.25, 0.3) is 0 Å². The summed E-state index contributed by atoms with van der Waals surface area (Å²) in [5.41, 5.74) is 0. The second kappa shape index (κ2) is 11.3. The summed E-state index contributed by atoms with van der Waals surface area (Å²) in [5, 5.41) is 0. The Morgan fingerprint density at radius 3 is 2.00 bits per heavy atom. The van der Waals surface area contributed by atoms with Gasteiger partial charge in [-0.3, -0.25) is 0 Å². The van der Waals surface area contributed by atoms with E-state index in [1.165, 1.54) is 77.0 Å². The van der Waals surface area contributed by atoms with Gasteiger partial charge in [0.05, 0.1) is 6.61 Å². The van der Waals surface area contributed by atoms with Gasteiger partial charge in [0.2, 0.25) is 0 Å². The minimum atomic E-state index is 0.804. The van der Waals surface area contributed by atoms with Crippen LogP contribution in [0.15, 0.2) is 12.2 Å². The van der Waals surface area contributed by atoms with Crippen molar-refractivity contribution in [2.75, 3.05) is 13.2 Å². The van der Waals surface area contributed by atoms with E-state index in [0.717, 1.165) is 36.9 Å². The molecule has 2 aliphatic rings. The van der Waals surface area contributed by atoms with E-state index in [2.05, 4.69) is 26.0 Å². The molecule has 2 rings (SSSR count). The summed E-state index contributed by atoms with van der Waals surface area (Å²) in [6, 6.07) is 0. The summed E-state index contributed by atoms with van der Waals surface area (Å²) in [6.45, 7) is 6.17. The lowest BCUT2D eigenvalue weighted by atomic mass is 9.69. The number of hydrogen-bond donors (Lipinski definition) is 0. The fourth-order valence-electron chi connectivity index (χ4n) is 4.86. The lowest BCUT2D eigenvalue weighted by molar-refractivity contribution is 0.0778. The van der Waals surface area contributed by atoms with Crippen molar-refractivity contribution in [2.24, 2.45) is 23.7 Å². The topological polar surface area (TPSA) is 9.23 Å². The van der Waals surface area contributed by atoms with E-state index in [4.69, 9.17) is 4.74 Å². The third-order valence-corrected chi connectivity index (χ3v) is 6.47. The molecule has 0 saturated heterocycles. The highest BCUT2D eigenvalue weighted by Crippen LogP contribution is 2.42. The van der Waals surface area contributed by atoms with Crippen LogP contribution in [0.3, 0.4) is 0 Å². The summed E-state index contributed by atoms with van der Waals surface area (Å²) in [4.78, 5) is 0. The van der Waals surface area contributed by atoms with Crippen LogP contribution in [0, 0.1) is 23.7 Å². The molecule has 0 radical (unpaired) electrons. The van der Waals surface area contributed by atoms with Gasteiger partial charge in [-0.25, -0.2) is 0 Å². The minimum absolute atomic E-state index is 0.804. The van der Waals surface area contributed by atoms with Crippen molar-refractivity contribution in [1.82, 2.24) is 0 Å². The molecule has 1 nitrogen and oxygen atoms in total. The fourth-order valence-corrected chi connectivity index (χ4v) is 4.86. The van der Waals surface area contributed by atoms with Crippen LogP contribution in [0.2, 0.25) is 0 Å². The number of hydrogen-bond acceptors (Lipinski definition) is 1. The second-order valence-corrected chi connectivity index (χ2v) is 8.16. The quantitative estimate of drug-likeness (QED) is 0.336. The molecule has 0 aliphatic heterocycles. The molecule has 0 aromatic heterocycles. The van der Waals surface area contributed by atoms with Crippen molar-refractivity contribution in [1.29, 1.82) is 0 Å². The van der Waals surface area contributed by atoms with Crippen LogP contribution in [-0.2, 0) is 4.74 Å². The molecule has 0 heterocycles. The first-order valence-electron chi connectivity index (χ1n) is 10.5. The maximum Gasteiger partial charge on any atom is 0.0647 e. The molecule has 1 heteroatoms. The van der Waals surface area contributed by atoms with Crippen molar-refractivity contribution in [3.63, 3.8) is 0 Å². The second-order valence-electron chi connectivity index (χ2n) is 8.16. The molecule has 2 fully saturated rings. The molecule has 0 aromatic carbocycles. The normalized spacial score (nSPS) is 32.4. The molecule has 0 amide bonds. The van der Waals surface area contributed by atoms with Gasteiger partial charge in [-0.05, 0) is 69.1 Å². The van der Waals surface area contributed by atoms with E-state index in [9.17, 15) is 0 Å². The number of rotatable bonds is 9. The molecule has 23 heavy (non-hydrogen) atoms. The van der Waals surface area contributed by atoms with Gasteiger partial charge >= 0.3 is 0 Å². The molecule has 134 valence electrons. The Morgan fingerprint density at radius 1 is 0.826 bits per heavy atom. The van der Waals surface area contributed by atoms with E-state index < -0.39 is 0 Å². The Kier molecular flexibility index (Phi) is 9.34. The monoisotopic (exact) mass is 320 g/mol. The van der Waals surface area contributed by atoms with Crippen molar-refractivity contribution < 1.29 is 4.74 Å². The number of allylic oxidation sites excluding steroid dienone is 1. The van der Waals surface area contributed by atoms with Crippen LogP contribution in [0.4, 0.5) is 0 Å². The Labute approximate surface area is 145 Å². The third-order valence-electron chi connectivity index (χ3n) is 6.47. The average molecular weight is 321 g/mol. The van der Waals surface area contributed by atoms with Gasteiger partial charge in [-0.2, -0.15) is 0 Å². The van der Waals surface area contributed by atoms with Crippen molar-refractivity contribution in [2.45, 2.75) is 90.9 Å². The van der Waals surface area contributed by atoms with Crippen molar-refractivity contribution in [3.05, 3.63) is 12.2 Å². The van der Waals surface area contributed by atoms with Crippen molar-refractivity contribution >= 4 is 0 Å². The summed E-state index contributed by atoms with van der Waals surface area (Å²) < 4.78 is 5.77. The molecule has 2 saturated carbocycles. The van der Waals surface area contributed by atoms with E-state index in [1.54, 1.807) is 0 Å². The number of ether oxygens (including phenoxy) is 1. The van der Waals surface area contributed by atoms with E-state index in [-0.39, 0.29) is 0 Å². The largest absolute Gasteiger partial charge is 0.377 e. The summed E-state index contributed by atoms with van der Waals surface area (Å²) in [6.07, 6.45) is 21.9. The molecule has 0 aromatic rings. The summed E-state index contributed by atoms with van der Waals surface area (Å²) in [5.74, 6) is 4.00. The maximum atomic E-state index is 5.77. The minimum Gasteiger partial charge on any atom is -0.377 e. The van der Waals surface area contributed by atoms with E-state index >= 15 is 0 Å². The molecule has 0 N–H and O–H groups in total. The predicted molar refractivity (Wildman–Crippen MR) is 101 cm³/mol. The van der Waals surface area contributed by atoms with Gasteiger partial charge in [0, 0.05) is 6.61 Å². The molecule has 0 bridgehead atoms. The molecular weight excluding hydrogens is 280 g/mol. The molecular formula is C22H40O. The van der Waals surface area contributed by atoms with Crippen LogP contribution < -0.4 is 0 Å². The first-order valence-corrected chi connectivity index (χ1v) is 10.5. The summed E-state index contributed by atoms with van der Waals surface area (Å²) >= 11 is 0. The highest BCUT2D eigenvalue weighted by Gasteiger charge is 2.30. The molecule has 0 atom stereocenters. The lowest BCUT2D eigenvalue weighted by Gasteiger charge is -2.38. The van der Waals surface area contributed by atoms with Crippen LogP contribution in [0.5, 0.6) is 0 Å². The Morgan fingerprint density at radius 2 is 1.43 bits per heavy atom. The first-order chi connectivity index (χ1) is 11.3. The van der Waals surface area contributed by atoms with Crippen LogP contribution in [0.1, 0.15) is 90.9 Å².